The van der Waals surface area contributed by atoms with E-state index in [1.54, 1.807) is 25.2 Å². The Kier molecular flexibility index (Phi) is 8.00. The van der Waals surface area contributed by atoms with Gasteiger partial charge in [0.25, 0.3) is 0 Å². The molecule has 3 rings (SSSR count). The summed E-state index contributed by atoms with van der Waals surface area (Å²) in [6, 6.07) is 11.7. The number of ether oxygens (including phenoxy) is 2. The molecular formula is C22H27F3N4O2. The zero-order valence-electron chi connectivity index (χ0n) is 17.7. The van der Waals surface area contributed by atoms with E-state index in [-0.39, 0.29) is 11.6 Å². The SMILES string of the molecule is CN=C(NCc1ccc(N2CCOCC2)c(F)c1)N(C)Cc1ccc(OC(F)F)cc1. The van der Waals surface area contributed by atoms with Gasteiger partial charge >= 0.3 is 6.61 Å². The number of aliphatic imine (C=N–C) groups is 1. The Bertz CT molecular complexity index is 872. The van der Waals surface area contributed by atoms with Crippen molar-refractivity contribution in [2.24, 2.45) is 4.99 Å². The van der Waals surface area contributed by atoms with Crippen molar-refractivity contribution in [2.45, 2.75) is 19.7 Å². The van der Waals surface area contributed by atoms with Crippen LogP contribution in [0.2, 0.25) is 0 Å². The van der Waals surface area contributed by atoms with E-state index < -0.39 is 6.61 Å². The summed E-state index contributed by atoms with van der Waals surface area (Å²) in [6.07, 6.45) is 0. The van der Waals surface area contributed by atoms with E-state index in [1.807, 2.05) is 22.9 Å². The summed E-state index contributed by atoms with van der Waals surface area (Å²) in [5.41, 5.74) is 2.30. The van der Waals surface area contributed by atoms with Gasteiger partial charge in [-0.15, -0.1) is 0 Å². The van der Waals surface area contributed by atoms with Crippen LogP contribution in [0.1, 0.15) is 11.1 Å². The van der Waals surface area contributed by atoms with Crippen LogP contribution in [0, 0.1) is 5.82 Å². The third-order valence-corrected chi connectivity index (χ3v) is 4.96. The molecule has 1 heterocycles. The van der Waals surface area contributed by atoms with Crippen LogP contribution in [0.15, 0.2) is 47.5 Å². The summed E-state index contributed by atoms with van der Waals surface area (Å²) < 4.78 is 48.8. The second-order valence-electron chi connectivity index (χ2n) is 7.16. The highest BCUT2D eigenvalue weighted by Crippen LogP contribution is 2.22. The highest BCUT2D eigenvalue weighted by Gasteiger charge is 2.15. The molecular weight excluding hydrogens is 409 g/mol. The smallest absolute Gasteiger partial charge is 0.387 e. The highest BCUT2D eigenvalue weighted by atomic mass is 19.3. The normalized spacial score (nSPS) is 14.6. The van der Waals surface area contributed by atoms with Crippen LogP contribution >= 0.6 is 0 Å². The summed E-state index contributed by atoms with van der Waals surface area (Å²) in [7, 11) is 3.53. The van der Waals surface area contributed by atoms with Gasteiger partial charge in [0.15, 0.2) is 5.96 Å². The molecule has 1 aliphatic heterocycles. The summed E-state index contributed by atoms with van der Waals surface area (Å²) in [4.78, 5) is 8.14. The number of alkyl halides is 2. The van der Waals surface area contributed by atoms with E-state index in [0.29, 0.717) is 51.0 Å². The van der Waals surface area contributed by atoms with Crippen molar-refractivity contribution in [3.8, 4) is 5.75 Å². The third-order valence-electron chi connectivity index (χ3n) is 4.96. The fourth-order valence-corrected chi connectivity index (χ4v) is 3.41. The lowest BCUT2D eigenvalue weighted by atomic mass is 10.1. The highest BCUT2D eigenvalue weighted by molar-refractivity contribution is 5.79. The van der Waals surface area contributed by atoms with Crippen LogP contribution in [0.25, 0.3) is 0 Å². The van der Waals surface area contributed by atoms with Crippen LogP contribution in [-0.2, 0) is 17.8 Å². The number of rotatable bonds is 7. The molecule has 2 aromatic carbocycles. The van der Waals surface area contributed by atoms with E-state index in [1.165, 1.54) is 18.2 Å². The molecule has 0 saturated carbocycles. The van der Waals surface area contributed by atoms with Crippen molar-refractivity contribution < 1.29 is 22.6 Å². The van der Waals surface area contributed by atoms with Gasteiger partial charge in [-0.2, -0.15) is 8.78 Å². The first-order valence-corrected chi connectivity index (χ1v) is 10.0. The third kappa shape index (κ3) is 6.52. The predicted octanol–water partition coefficient (Wildman–Crippen LogP) is 3.47. The summed E-state index contributed by atoms with van der Waals surface area (Å²) in [6.45, 7) is 0.657. The molecule has 168 valence electrons. The molecule has 9 heteroatoms. The minimum absolute atomic E-state index is 0.117. The monoisotopic (exact) mass is 436 g/mol. The molecule has 0 radical (unpaired) electrons. The van der Waals surface area contributed by atoms with Gasteiger partial charge in [-0.1, -0.05) is 18.2 Å². The van der Waals surface area contributed by atoms with Gasteiger partial charge in [0.2, 0.25) is 0 Å². The largest absolute Gasteiger partial charge is 0.435 e. The van der Waals surface area contributed by atoms with E-state index >= 15 is 0 Å². The first kappa shape index (κ1) is 22.7. The molecule has 0 spiro atoms. The minimum Gasteiger partial charge on any atom is -0.435 e. The van der Waals surface area contributed by atoms with Crippen LogP contribution in [0.3, 0.4) is 0 Å². The number of morpholine rings is 1. The van der Waals surface area contributed by atoms with Crippen LogP contribution < -0.4 is 15.0 Å². The number of hydrogen-bond donors (Lipinski definition) is 1. The number of nitrogens with one attached hydrogen (secondary N) is 1. The van der Waals surface area contributed by atoms with Gasteiger partial charge in [0.1, 0.15) is 11.6 Å². The molecule has 1 fully saturated rings. The summed E-state index contributed by atoms with van der Waals surface area (Å²) >= 11 is 0. The lowest BCUT2D eigenvalue weighted by molar-refractivity contribution is -0.0498. The molecule has 6 nitrogen and oxygen atoms in total. The topological polar surface area (TPSA) is 49.3 Å². The van der Waals surface area contributed by atoms with Gasteiger partial charge in [0, 0.05) is 40.3 Å². The van der Waals surface area contributed by atoms with E-state index in [0.717, 1.165) is 11.1 Å². The minimum atomic E-state index is -2.84. The van der Waals surface area contributed by atoms with Crippen molar-refractivity contribution in [3.05, 3.63) is 59.4 Å². The second-order valence-corrected chi connectivity index (χ2v) is 7.16. The Hall–Kier alpha value is -2.94. The molecule has 2 aromatic rings. The molecule has 0 bridgehead atoms. The molecule has 0 atom stereocenters. The number of nitrogens with zero attached hydrogens (tertiary/aromatic N) is 3. The first-order chi connectivity index (χ1) is 15.0. The number of guanidine groups is 1. The summed E-state index contributed by atoms with van der Waals surface area (Å²) in [5.74, 6) is 0.493. The molecule has 0 aromatic heterocycles. The molecule has 0 amide bonds. The van der Waals surface area contributed by atoms with Gasteiger partial charge < -0.3 is 24.6 Å². The fourth-order valence-electron chi connectivity index (χ4n) is 3.41. The Morgan fingerprint density at radius 3 is 2.45 bits per heavy atom. The van der Waals surface area contributed by atoms with Gasteiger partial charge in [-0.25, -0.2) is 4.39 Å². The van der Waals surface area contributed by atoms with Gasteiger partial charge in [-0.3, -0.25) is 4.99 Å². The number of benzene rings is 2. The van der Waals surface area contributed by atoms with Crippen molar-refractivity contribution in [1.82, 2.24) is 10.2 Å². The average Bonchev–Trinajstić information content (AvgIpc) is 2.76. The standard InChI is InChI=1S/C22H27F3N4O2/c1-26-22(28(2)15-16-3-6-18(7-4-16)31-21(24)25)27-14-17-5-8-20(19(23)13-17)29-9-11-30-12-10-29/h3-8,13,21H,9-12,14-15H2,1-2H3,(H,26,27). The lowest BCUT2D eigenvalue weighted by Crippen LogP contribution is -2.38. The maximum Gasteiger partial charge on any atom is 0.387 e. The van der Waals surface area contributed by atoms with Crippen molar-refractivity contribution in [2.75, 3.05) is 45.3 Å². The Morgan fingerprint density at radius 1 is 1.16 bits per heavy atom. The molecule has 1 aliphatic rings. The van der Waals surface area contributed by atoms with Crippen LogP contribution in [0.4, 0.5) is 18.9 Å². The second kappa shape index (κ2) is 10.9. The number of halogens is 3. The van der Waals surface area contributed by atoms with E-state index in [9.17, 15) is 13.2 Å². The van der Waals surface area contributed by atoms with Crippen LogP contribution in [0.5, 0.6) is 5.75 Å². The van der Waals surface area contributed by atoms with Crippen LogP contribution in [-0.4, -0.2) is 57.9 Å². The molecule has 0 aliphatic carbocycles. The first-order valence-electron chi connectivity index (χ1n) is 10.0. The lowest BCUT2D eigenvalue weighted by Gasteiger charge is -2.29. The summed E-state index contributed by atoms with van der Waals surface area (Å²) in [5, 5.41) is 3.22. The fraction of sp³-hybridized carbons (Fsp3) is 0.409. The molecule has 31 heavy (non-hydrogen) atoms. The Labute approximate surface area is 180 Å². The Balaban J connectivity index is 1.55. The molecule has 0 unspecified atom stereocenters. The van der Waals surface area contributed by atoms with Crippen molar-refractivity contribution >= 4 is 11.6 Å². The van der Waals surface area contributed by atoms with Gasteiger partial charge in [0.05, 0.1) is 18.9 Å². The predicted molar refractivity (Wildman–Crippen MR) is 114 cm³/mol. The number of anilines is 1. The number of hydrogen-bond acceptors (Lipinski definition) is 4. The van der Waals surface area contributed by atoms with Gasteiger partial charge in [-0.05, 0) is 35.4 Å². The quantitative estimate of drug-likeness (QED) is 0.532. The van der Waals surface area contributed by atoms with E-state index in [2.05, 4.69) is 15.0 Å². The van der Waals surface area contributed by atoms with Crippen molar-refractivity contribution in [3.63, 3.8) is 0 Å². The zero-order valence-corrected chi connectivity index (χ0v) is 17.7. The Morgan fingerprint density at radius 2 is 1.84 bits per heavy atom. The molecule has 1 N–H and O–H groups in total. The van der Waals surface area contributed by atoms with E-state index in [4.69, 9.17) is 4.74 Å². The maximum atomic E-state index is 14.6. The van der Waals surface area contributed by atoms with Crippen molar-refractivity contribution in [1.29, 1.82) is 0 Å². The maximum absolute atomic E-state index is 14.6. The average molecular weight is 436 g/mol. The zero-order chi connectivity index (χ0) is 22.2. The molecule has 1 saturated heterocycles.